The molecule has 0 spiro atoms. The van der Waals surface area contributed by atoms with Crippen LogP contribution in [0.3, 0.4) is 0 Å². The van der Waals surface area contributed by atoms with Crippen molar-refractivity contribution in [2.24, 2.45) is 10.9 Å². The summed E-state index contributed by atoms with van der Waals surface area (Å²) in [6, 6.07) is 4.86. The third-order valence-corrected chi connectivity index (χ3v) is 8.00. The fourth-order valence-corrected chi connectivity index (χ4v) is 7.23. The molecule has 5 nitrogen and oxygen atoms in total. The number of sulfone groups is 1. The molecule has 2 aliphatic heterocycles. The van der Waals surface area contributed by atoms with Crippen LogP contribution in [0.4, 0.5) is 5.69 Å². The van der Waals surface area contributed by atoms with Gasteiger partial charge in [-0.3, -0.25) is 4.79 Å². The molecule has 0 saturated carbocycles. The number of fused-ring (bicyclic) bond motifs is 1. The van der Waals surface area contributed by atoms with Gasteiger partial charge in [-0.1, -0.05) is 48.8 Å². The van der Waals surface area contributed by atoms with Gasteiger partial charge >= 0.3 is 0 Å². The minimum atomic E-state index is -3.10. The van der Waals surface area contributed by atoms with Crippen molar-refractivity contribution in [3.8, 4) is 0 Å². The molecular weight excluding hydrogens is 403 g/mol. The van der Waals surface area contributed by atoms with Crippen LogP contribution < -0.4 is 4.90 Å². The highest BCUT2D eigenvalue weighted by Crippen LogP contribution is 2.42. The Morgan fingerprint density at radius 3 is 2.68 bits per heavy atom. The number of anilines is 1. The summed E-state index contributed by atoms with van der Waals surface area (Å²) in [5, 5.41) is 1.20. The lowest BCUT2D eigenvalue weighted by Gasteiger charge is -2.24. The van der Waals surface area contributed by atoms with Crippen LogP contribution >= 0.6 is 35.0 Å². The van der Waals surface area contributed by atoms with E-state index < -0.39 is 9.84 Å². The predicted octanol–water partition coefficient (Wildman–Crippen LogP) is 3.64. The van der Waals surface area contributed by atoms with Crippen molar-refractivity contribution in [3.05, 3.63) is 28.2 Å². The summed E-state index contributed by atoms with van der Waals surface area (Å²) >= 11 is 13.5. The van der Waals surface area contributed by atoms with Crippen LogP contribution in [0, 0.1) is 5.92 Å². The number of aliphatic imine (C=N–C) groups is 1. The molecule has 2 unspecified atom stereocenters. The second-order valence-corrected chi connectivity index (χ2v) is 10.8. The molecule has 0 aromatic heterocycles. The summed E-state index contributed by atoms with van der Waals surface area (Å²) in [6.07, 6.45) is 0.354. The first kappa shape index (κ1) is 19.0. The Balaban J connectivity index is 1.99. The predicted molar refractivity (Wildman–Crippen MR) is 105 cm³/mol. The molecule has 0 radical (unpaired) electrons. The maximum Gasteiger partial charge on any atom is 0.248 e. The molecule has 9 heteroatoms. The fraction of sp³-hybridized carbons (Fsp3) is 0.500. The molecule has 25 heavy (non-hydrogen) atoms. The molecule has 2 atom stereocenters. The number of carbonyl (C=O) groups is 1. The van der Waals surface area contributed by atoms with Crippen LogP contribution in [0.25, 0.3) is 0 Å². The molecule has 2 saturated heterocycles. The van der Waals surface area contributed by atoms with E-state index in [1.54, 1.807) is 18.2 Å². The van der Waals surface area contributed by atoms with Gasteiger partial charge in [-0.05, 0) is 24.1 Å². The molecule has 0 bridgehead atoms. The molecule has 2 heterocycles. The number of amides is 1. The topological polar surface area (TPSA) is 66.8 Å². The minimum absolute atomic E-state index is 0.0440. The first-order chi connectivity index (χ1) is 11.7. The van der Waals surface area contributed by atoms with E-state index in [1.165, 1.54) is 11.8 Å². The van der Waals surface area contributed by atoms with E-state index in [0.29, 0.717) is 27.3 Å². The van der Waals surface area contributed by atoms with Gasteiger partial charge < -0.3 is 4.90 Å². The summed E-state index contributed by atoms with van der Waals surface area (Å²) in [5.41, 5.74) is 0.697. The molecule has 0 N–H and O–H groups in total. The van der Waals surface area contributed by atoms with Crippen LogP contribution in [0.5, 0.6) is 0 Å². The molecule has 3 rings (SSSR count). The van der Waals surface area contributed by atoms with E-state index in [4.69, 9.17) is 23.2 Å². The number of hydrogen-bond donors (Lipinski definition) is 0. The molecular formula is C16H18Cl2N2O3S2. The van der Waals surface area contributed by atoms with Crippen molar-refractivity contribution in [2.45, 2.75) is 31.6 Å². The monoisotopic (exact) mass is 420 g/mol. The highest BCUT2D eigenvalue weighted by Gasteiger charge is 2.49. The van der Waals surface area contributed by atoms with Gasteiger partial charge in [0, 0.05) is 17.4 Å². The standard InChI is InChI=1S/C16H18Cl2N2O3S2/c1-9(2)5-15(21)19-16-20(10-3-4-11(17)12(18)6-10)13-7-25(22,23)8-14(13)24-16/h3-4,6,9,13-14H,5,7-8H2,1-2H3. The molecule has 2 aliphatic rings. The van der Waals surface area contributed by atoms with Gasteiger partial charge in [-0.25, -0.2) is 8.42 Å². The van der Waals surface area contributed by atoms with Gasteiger partial charge in [0.15, 0.2) is 15.0 Å². The van der Waals surface area contributed by atoms with E-state index in [2.05, 4.69) is 4.99 Å². The van der Waals surface area contributed by atoms with Crippen LogP contribution in [-0.4, -0.2) is 42.3 Å². The van der Waals surface area contributed by atoms with Gasteiger partial charge in [-0.2, -0.15) is 4.99 Å². The number of benzene rings is 1. The number of rotatable bonds is 3. The smallest absolute Gasteiger partial charge is 0.248 e. The normalized spacial score (nSPS) is 26.4. The van der Waals surface area contributed by atoms with E-state index in [9.17, 15) is 13.2 Å². The Labute approximate surface area is 161 Å². The Hall–Kier alpha value is -0.760. The zero-order valence-electron chi connectivity index (χ0n) is 13.8. The van der Waals surface area contributed by atoms with Crippen LogP contribution in [0.1, 0.15) is 20.3 Å². The molecule has 136 valence electrons. The molecule has 0 aliphatic carbocycles. The maximum atomic E-state index is 12.2. The number of halogens is 2. The molecule has 1 aromatic rings. The van der Waals surface area contributed by atoms with Crippen LogP contribution in [0.2, 0.25) is 10.0 Å². The quantitative estimate of drug-likeness (QED) is 0.746. The van der Waals surface area contributed by atoms with Gasteiger partial charge in [0.2, 0.25) is 5.91 Å². The lowest BCUT2D eigenvalue weighted by Crippen LogP contribution is -2.37. The maximum absolute atomic E-state index is 12.2. The van der Waals surface area contributed by atoms with Crippen molar-refractivity contribution >= 4 is 61.6 Å². The second kappa shape index (κ2) is 7.10. The number of thioether (sulfide) groups is 1. The highest BCUT2D eigenvalue weighted by molar-refractivity contribution is 8.16. The third-order valence-electron chi connectivity index (χ3n) is 4.05. The Kier molecular flexibility index (Phi) is 5.40. The van der Waals surface area contributed by atoms with E-state index in [-0.39, 0.29) is 34.6 Å². The first-order valence-electron chi connectivity index (χ1n) is 7.89. The highest BCUT2D eigenvalue weighted by atomic mass is 35.5. The Bertz CT molecular complexity index is 840. The van der Waals surface area contributed by atoms with Crippen LogP contribution in [0.15, 0.2) is 23.2 Å². The zero-order valence-corrected chi connectivity index (χ0v) is 16.9. The van der Waals surface area contributed by atoms with Gasteiger partial charge in [0.25, 0.3) is 0 Å². The first-order valence-corrected chi connectivity index (χ1v) is 11.3. The SMILES string of the molecule is CC(C)CC(=O)N=C1SC2CS(=O)(=O)CC2N1c1ccc(Cl)c(Cl)c1. The molecule has 1 aromatic carbocycles. The average Bonchev–Trinajstić information content (AvgIpc) is 2.92. The minimum Gasteiger partial charge on any atom is -0.316 e. The number of amidine groups is 1. The van der Waals surface area contributed by atoms with Crippen LogP contribution in [-0.2, 0) is 14.6 Å². The van der Waals surface area contributed by atoms with E-state index in [1.807, 2.05) is 18.7 Å². The van der Waals surface area contributed by atoms with E-state index >= 15 is 0 Å². The number of hydrogen-bond acceptors (Lipinski definition) is 4. The largest absolute Gasteiger partial charge is 0.316 e. The Morgan fingerprint density at radius 1 is 1.32 bits per heavy atom. The van der Waals surface area contributed by atoms with Crippen molar-refractivity contribution in [3.63, 3.8) is 0 Å². The van der Waals surface area contributed by atoms with Crippen molar-refractivity contribution in [1.82, 2.24) is 0 Å². The summed E-state index contributed by atoms with van der Waals surface area (Å²) in [6.45, 7) is 3.91. The summed E-state index contributed by atoms with van der Waals surface area (Å²) in [4.78, 5) is 18.2. The van der Waals surface area contributed by atoms with E-state index in [0.717, 1.165) is 0 Å². The second-order valence-electron chi connectivity index (χ2n) is 6.66. The van der Waals surface area contributed by atoms with Gasteiger partial charge in [0.05, 0.1) is 27.6 Å². The van der Waals surface area contributed by atoms with Crippen molar-refractivity contribution < 1.29 is 13.2 Å². The average molecular weight is 421 g/mol. The van der Waals surface area contributed by atoms with Crippen molar-refractivity contribution in [2.75, 3.05) is 16.4 Å². The fourth-order valence-electron chi connectivity index (χ4n) is 3.00. The van der Waals surface area contributed by atoms with Gasteiger partial charge in [-0.15, -0.1) is 0 Å². The zero-order chi connectivity index (χ0) is 18.4. The van der Waals surface area contributed by atoms with Gasteiger partial charge in [0.1, 0.15) is 0 Å². The Morgan fingerprint density at radius 2 is 2.04 bits per heavy atom. The lowest BCUT2D eigenvalue weighted by molar-refractivity contribution is -0.118. The summed E-state index contributed by atoms with van der Waals surface area (Å²) in [5.74, 6) is 0.145. The number of nitrogens with zero attached hydrogens (tertiary/aromatic N) is 2. The number of carbonyl (C=O) groups excluding carboxylic acids is 1. The van der Waals surface area contributed by atoms with Crippen molar-refractivity contribution in [1.29, 1.82) is 0 Å². The molecule has 1 amide bonds. The molecule has 2 fully saturated rings. The lowest BCUT2D eigenvalue weighted by atomic mass is 10.1. The summed E-state index contributed by atoms with van der Waals surface area (Å²) < 4.78 is 24.0. The third kappa shape index (κ3) is 4.15. The summed E-state index contributed by atoms with van der Waals surface area (Å²) in [7, 11) is -3.10.